The van der Waals surface area contributed by atoms with Gasteiger partial charge in [-0.1, -0.05) is 6.07 Å². The first-order chi connectivity index (χ1) is 11.5. The highest BCUT2D eigenvalue weighted by molar-refractivity contribution is 7.98. The number of nitrogens with one attached hydrogen (secondary N) is 2. The molecule has 1 aromatic heterocycles. The van der Waals surface area contributed by atoms with E-state index in [1.165, 1.54) is 0 Å². The van der Waals surface area contributed by atoms with E-state index in [0.29, 0.717) is 5.69 Å². The molecule has 2 N–H and O–H groups in total. The Morgan fingerprint density at radius 1 is 1.25 bits per heavy atom. The molecule has 0 radical (unpaired) electrons. The van der Waals surface area contributed by atoms with Crippen molar-refractivity contribution in [2.75, 3.05) is 11.6 Å². The summed E-state index contributed by atoms with van der Waals surface area (Å²) in [4.78, 5) is 25.1. The van der Waals surface area contributed by atoms with Gasteiger partial charge in [-0.15, -0.1) is 11.8 Å². The first-order valence-corrected chi connectivity index (χ1v) is 8.94. The van der Waals surface area contributed by atoms with Crippen molar-refractivity contribution >= 4 is 29.3 Å². The van der Waals surface area contributed by atoms with Crippen molar-refractivity contribution < 1.29 is 9.59 Å². The van der Waals surface area contributed by atoms with Gasteiger partial charge < -0.3 is 10.6 Å². The Balaban J connectivity index is 1.97. The average Bonchev–Trinajstić information content (AvgIpc) is 2.86. The van der Waals surface area contributed by atoms with Crippen LogP contribution in [0.2, 0.25) is 0 Å². The standard InChI is InChI=1S/C17H22N4O2S/c1-5-21-12(3)15(11(2)20-21)10-18-16(22)17(23)19-13-7-6-8-14(9-13)24-4/h6-9H,5,10H2,1-4H3,(H,18,22)(H,19,23). The summed E-state index contributed by atoms with van der Waals surface area (Å²) in [6.07, 6.45) is 1.95. The maximum absolute atomic E-state index is 12.0. The van der Waals surface area contributed by atoms with E-state index in [2.05, 4.69) is 15.7 Å². The Hall–Kier alpha value is -2.28. The first-order valence-electron chi connectivity index (χ1n) is 7.72. The Morgan fingerprint density at radius 2 is 2.00 bits per heavy atom. The van der Waals surface area contributed by atoms with E-state index in [1.54, 1.807) is 17.8 Å². The lowest BCUT2D eigenvalue weighted by atomic mass is 10.2. The SMILES string of the molecule is CCn1nc(C)c(CNC(=O)C(=O)Nc2cccc(SC)c2)c1C. The highest BCUT2D eigenvalue weighted by Crippen LogP contribution is 2.19. The minimum Gasteiger partial charge on any atom is -0.344 e. The van der Waals surface area contributed by atoms with Crippen LogP contribution >= 0.6 is 11.8 Å². The van der Waals surface area contributed by atoms with Gasteiger partial charge in [-0.2, -0.15) is 5.10 Å². The fourth-order valence-corrected chi connectivity index (χ4v) is 2.89. The molecule has 128 valence electrons. The second-order valence-electron chi connectivity index (χ2n) is 5.33. The predicted molar refractivity (Wildman–Crippen MR) is 96.1 cm³/mol. The van der Waals surface area contributed by atoms with Gasteiger partial charge in [-0.3, -0.25) is 14.3 Å². The molecule has 0 fully saturated rings. The molecule has 0 saturated heterocycles. The highest BCUT2D eigenvalue weighted by Gasteiger charge is 2.16. The number of thioether (sulfide) groups is 1. The summed E-state index contributed by atoms with van der Waals surface area (Å²) >= 11 is 1.57. The molecule has 2 aromatic rings. The normalized spacial score (nSPS) is 10.5. The molecule has 0 unspecified atom stereocenters. The second-order valence-corrected chi connectivity index (χ2v) is 6.21. The van der Waals surface area contributed by atoms with Gasteiger partial charge in [0.05, 0.1) is 5.69 Å². The first kappa shape index (κ1) is 18.1. The molecule has 7 heteroatoms. The van der Waals surface area contributed by atoms with Crippen molar-refractivity contribution in [1.82, 2.24) is 15.1 Å². The zero-order valence-electron chi connectivity index (χ0n) is 14.3. The molecule has 6 nitrogen and oxygen atoms in total. The molecule has 0 saturated carbocycles. The minimum absolute atomic E-state index is 0.286. The molecule has 24 heavy (non-hydrogen) atoms. The fourth-order valence-electron chi connectivity index (χ4n) is 2.44. The molecule has 2 rings (SSSR count). The number of hydrogen-bond donors (Lipinski definition) is 2. The number of anilines is 1. The third-order valence-electron chi connectivity index (χ3n) is 3.79. The summed E-state index contributed by atoms with van der Waals surface area (Å²) < 4.78 is 1.88. The number of benzene rings is 1. The maximum atomic E-state index is 12.0. The van der Waals surface area contributed by atoms with Crippen molar-refractivity contribution in [2.45, 2.75) is 38.8 Å². The zero-order valence-corrected chi connectivity index (χ0v) is 15.2. The molecule has 0 aliphatic heterocycles. The van der Waals surface area contributed by atoms with E-state index in [1.807, 2.05) is 49.9 Å². The minimum atomic E-state index is -0.675. The summed E-state index contributed by atoms with van der Waals surface area (Å²) in [5.74, 6) is -1.33. The molecular formula is C17H22N4O2S. The third-order valence-corrected chi connectivity index (χ3v) is 4.52. The summed E-state index contributed by atoms with van der Waals surface area (Å²) in [5, 5.41) is 9.67. The van der Waals surface area contributed by atoms with E-state index in [9.17, 15) is 9.59 Å². The van der Waals surface area contributed by atoms with Crippen LogP contribution in [-0.4, -0.2) is 27.9 Å². The number of carbonyl (C=O) groups excluding carboxylic acids is 2. The molecule has 0 aliphatic carbocycles. The third kappa shape index (κ3) is 4.17. The molecular weight excluding hydrogens is 324 g/mol. The van der Waals surface area contributed by atoms with E-state index < -0.39 is 11.8 Å². The van der Waals surface area contributed by atoms with Gasteiger partial charge in [0, 0.05) is 34.9 Å². The Labute approximate surface area is 146 Å². The van der Waals surface area contributed by atoms with Crippen LogP contribution in [0.5, 0.6) is 0 Å². The number of aromatic nitrogens is 2. The number of rotatable bonds is 5. The van der Waals surface area contributed by atoms with Gasteiger partial charge in [-0.25, -0.2) is 0 Å². The second kappa shape index (κ2) is 8.01. The summed E-state index contributed by atoms with van der Waals surface area (Å²) in [6, 6.07) is 7.36. The van der Waals surface area contributed by atoms with Crippen LogP contribution in [-0.2, 0) is 22.7 Å². The molecule has 2 amide bonds. The summed E-state index contributed by atoms with van der Waals surface area (Å²) in [7, 11) is 0. The van der Waals surface area contributed by atoms with E-state index in [4.69, 9.17) is 0 Å². The van der Waals surface area contributed by atoms with Crippen LogP contribution in [0.25, 0.3) is 0 Å². The topological polar surface area (TPSA) is 76.0 Å². The quantitative estimate of drug-likeness (QED) is 0.644. The van der Waals surface area contributed by atoms with Crippen LogP contribution in [0, 0.1) is 13.8 Å². The van der Waals surface area contributed by atoms with Gasteiger partial charge in [0.15, 0.2) is 0 Å². The zero-order chi connectivity index (χ0) is 17.7. The highest BCUT2D eigenvalue weighted by atomic mass is 32.2. The lowest BCUT2D eigenvalue weighted by Crippen LogP contribution is -2.35. The van der Waals surface area contributed by atoms with Crippen molar-refractivity contribution in [3.63, 3.8) is 0 Å². The number of nitrogens with zero attached hydrogens (tertiary/aromatic N) is 2. The smallest absolute Gasteiger partial charge is 0.313 e. The Bertz CT molecular complexity index is 755. The van der Waals surface area contributed by atoms with Gasteiger partial charge in [0.2, 0.25) is 0 Å². The number of amides is 2. The molecule has 1 aromatic carbocycles. The van der Waals surface area contributed by atoms with Gasteiger partial charge in [0.1, 0.15) is 0 Å². The van der Waals surface area contributed by atoms with Crippen LogP contribution in [0.1, 0.15) is 23.9 Å². The number of carbonyl (C=O) groups is 2. The molecule has 0 spiro atoms. The number of hydrogen-bond acceptors (Lipinski definition) is 4. The van der Waals surface area contributed by atoms with Crippen LogP contribution < -0.4 is 10.6 Å². The Morgan fingerprint density at radius 3 is 2.62 bits per heavy atom. The van der Waals surface area contributed by atoms with E-state index in [-0.39, 0.29) is 6.54 Å². The van der Waals surface area contributed by atoms with Crippen LogP contribution in [0.4, 0.5) is 5.69 Å². The van der Waals surface area contributed by atoms with E-state index in [0.717, 1.165) is 28.4 Å². The summed E-state index contributed by atoms with van der Waals surface area (Å²) in [5.41, 5.74) is 3.42. The number of aryl methyl sites for hydroxylation is 2. The molecule has 0 aliphatic rings. The maximum Gasteiger partial charge on any atom is 0.313 e. The van der Waals surface area contributed by atoms with Gasteiger partial charge in [-0.05, 0) is 45.2 Å². The Kier molecular flexibility index (Phi) is 6.03. The van der Waals surface area contributed by atoms with Crippen LogP contribution in [0.15, 0.2) is 29.2 Å². The van der Waals surface area contributed by atoms with Crippen LogP contribution in [0.3, 0.4) is 0 Å². The van der Waals surface area contributed by atoms with Gasteiger partial charge >= 0.3 is 11.8 Å². The average molecular weight is 346 g/mol. The van der Waals surface area contributed by atoms with Crippen molar-refractivity contribution in [2.24, 2.45) is 0 Å². The summed E-state index contributed by atoms with van der Waals surface area (Å²) in [6.45, 7) is 6.92. The lowest BCUT2D eigenvalue weighted by molar-refractivity contribution is -0.136. The monoisotopic (exact) mass is 346 g/mol. The molecule has 0 bridgehead atoms. The molecule has 0 atom stereocenters. The lowest BCUT2D eigenvalue weighted by Gasteiger charge is -2.08. The largest absolute Gasteiger partial charge is 0.344 e. The van der Waals surface area contributed by atoms with E-state index >= 15 is 0 Å². The molecule has 1 heterocycles. The van der Waals surface area contributed by atoms with Gasteiger partial charge in [0.25, 0.3) is 0 Å². The predicted octanol–water partition coefficient (Wildman–Crippen LogP) is 2.50. The van der Waals surface area contributed by atoms with Crippen molar-refractivity contribution in [3.8, 4) is 0 Å². The van der Waals surface area contributed by atoms with Crippen molar-refractivity contribution in [3.05, 3.63) is 41.2 Å². The fraction of sp³-hybridized carbons (Fsp3) is 0.353. The van der Waals surface area contributed by atoms with Crippen molar-refractivity contribution in [1.29, 1.82) is 0 Å².